The molecular weight excluding hydrogens is 188 g/mol. The van der Waals surface area contributed by atoms with Gasteiger partial charge in [-0.25, -0.2) is 0 Å². The molecule has 3 fully saturated rings. The number of nitrogens with zero attached hydrogens (tertiary/aromatic N) is 2. The minimum Gasteiger partial charge on any atom is -0.328 e. The molecule has 2 N–H and O–H groups in total. The molecule has 0 atom stereocenters. The Balaban J connectivity index is 1.48. The molecule has 1 saturated heterocycles. The molecule has 0 aromatic carbocycles. The van der Waals surface area contributed by atoms with E-state index in [1.54, 1.807) is 0 Å². The van der Waals surface area contributed by atoms with Gasteiger partial charge in [0.1, 0.15) is 11.6 Å². The van der Waals surface area contributed by atoms with E-state index < -0.39 is 0 Å². The summed E-state index contributed by atoms with van der Waals surface area (Å²) in [7, 11) is 0. The molecule has 1 aromatic heterocycles. The molecule has 0 unspecified atom stereocenters. The van der Waals surface area contributed by atoms with Crippen LogP contribution in [0.1, 0.15) is 49.2 Å². The molecule has 4 nitrogen and oxygen atoms in total. The van der Waals surface area contributed by atoms with Crippen LogP contribution in [0.4, 0.5) is 0 Å². The summed E-state index contributed by atoms with van der Waals surface area (Å²) in [6.45, 7) is 2.43. The van der Waals surface area contributed by atoms with Crippen LogP contribution in [0, 0.1) is 5.41 Å². The molecule has 4 heteroatoms. The highest BCUT2D eigenvalue weighted by Crippen LogP contribution is 2.52. The highest BCUT2D eigenvalue weighted by Gasteiger charge is 2.50. The van der Waals surface area contributed by atoms with E-state index in [2.05, 4.69) is 20.5 Å². The lowest BCUT2D eigenvalue weighted by Gasteiger charge is -2.53. The normalized spacial score (nSPS) is 28.8. The van der Waals surface area contributed by atoms with Crippen molar-refractivity contribution >= 4 is 0 Å². The van der Waals surface area contributed by atoms with Crippen LogP contribution < -0.4 is 5.32 Å². The second kappa shape index (κ2) is 2.61. The average Bonchev–Trinajstić information content (AvgIpc) is 2.82. The van der Waals surface area contributed by atoms with Gasteiger partial charge in [0.2, 0.25) is 0 Å². The fourth-order valence-electron chi connectivity index (χ4n) is 2.96. The van der Waals surface area contributed by atoms with E-state index in [1.165, 1.54) is 38.8 Å². The van der Waals surface area contributed by atoms with E-state index in [-0.39, 0.29) is 0 Å². The molecule has 0 bridgehead atoms. The summed E-state index contributed by atoms with van der Waals surface area (Å²) < 4.78 is 0. The number of rotatable bonds is 2. The van der Waals surface area contributed by atoms with Gasteiger partial charge in [0.15, 0.2) is 0 Å². The molecular formula is C11H16N4. The van der Waals surface area contributed by atoms with Crippen LogP contribution in [-0.2, 0) is 0 Å². The Morgan fingerprint density at radius 1 is 1.00 bits per heavy atom. The maximum absolute atomic E-state index is 4.30. The monoisotopic (exact) mass is 204 g/mol. The third-order valence-electron chi connectivity index (χ3n) is 4.23. The largest absolute Gasteiger partial charge is 0.328 e. The molecule has 1 aliphatic heterocycles. The van der Waals surface area contributed by atoms with Crippen molar-refractivity contribution in [3.8, 4) is 0 Å². The van der Waals surface area contributed by atoms with Gasteiger partial charge in [0.05, 0.1) is 0 Å². The fourth-order valence-corrected chi connectivity index (χ4v) is 2.96. The maximum atomic E-state index is 4.30. The Labute approximate surface area is 88.9 Å². The Morgan fingerprint density at radius 3 is 2.20 bits per heavy atom. The first kappa shape index (κ1) is 8.28. The van der Waals surface area contributed by atoms with Crippen molar-refractivity contribution in [3.63, 3.8) is 0 Å². The molecule has 15 heavy (non-hydrogen) atoms. The van der Waals surface area contributed by atoms with Crippen molar-refractivity contribution in [3.05, 3.63) is 11.6 Å². The average molecular weight is 204 g/mol. The zero-order valence-electron chi connectivity index (χ0n) is 8.79. The number of aromatic amines is 1. The molecule has 1 spiro atoms. The standard InChI is InChI=1S/C11H16N4/c1-2-7(1)9-13-10(15-14-9)8-3-11(4-8)5-12-6-11/h7-8,12H,1-6H2,(H,13,14,15). The fraction of sp³-hybridized carbons (Fsp3) is 0.818. The highest BCUT2D eigenvalue weighted by atomic mass is 15.2. The van der Waals surface area contributed by atoms with Gasteiger partial charge in [-0.05, 0) is 31.1 Å². The van der Waals surface area contributed by atoms with E-state index in [0.29, 0.717) is 17.3 Å². The second-order valence-electron chi connectivity index (χ2n) is 5.58. The highest BCUT2D eigenvalue weighted by molar-refractivity contribution is 5.15. The third kappa shape index (κ3) is 1.17. The topological polar surface area (TPSA) is 53.6 Å². The molecule has 0 amide bonds. The first-order chi connectivity index (χ1) is 7.35. The Bertz CT molecular complexity index is 381. The quantitative estimate of drug-likeness (QED) is 0.759. The number of aromatic nitrogens is 3. The van der Waals surface area contributed by atoms with Gasteiger partial charge < -0.3 is 10.3 Å². The van der Waals surface area contributed by atoms with E-state index in [4.69, 9.17) is 0 Å². The number of nitrogens with one attached hydrogen (secondary N) is 2. The first-order valence-corrected chi connectivity index (χ1v) is 5.98. The molecule has 80 valence electrons. The van der Waals surface area contributed by atoms with Crippen LogP contribution in [0.15, 0.2) is 0 Å². The summed E-state index contributed by atoms with van der Waals surface area (Å²) in [5.74, 6) is 3.64. The van der Waals surface area contributed by atoms with Crippen LogP contribution in [0.25, 0.3) is 0 Å². The number of hydrogen-bond acceptors (Lipinski definition) is 3. The Hall–Kier alpha value is -0.900. The third-order valence-corrected chi connectivity index (χ3v) is 4.23. The molecule has 2 heterocycles. The molecule has 3 aliphatic rings. The summed E-state index contributed by atoms with van der Waals surface area (Å²) in [5, 5.41) is 11.9. The van der Waals surface area contributed by atoms with E-state index in [9.17, 15) is 0 Å². The van der Waals surface area contributed by atoms with Gasteiger partial charge in [0.25, 0.3) is 0 Å². The predicted molar refractivity (Wildman–Crippen MR) is 55.6 cm³/mol. The van der Waals surface area contributed by atoms with Crippen LogP contribution in [0.2, 0.25) is 0 Å². The molecule has 0 radical (unpaired) electrons. The van der Waals surface area contributed by atoms with Crippen molar-refractivity contribution in [2.24, 2.45) is 5.41 Å². The zero-order valence-corrected chi connectivity index (χ0v) is 8.79. The summed E-state index contributed by atoms with van der Waals surface area (Å²) in [6, 6.07) is 0. The van der Waals surface area contributed by atoms with Gasteiger partial charge >= 0.3 is 0 Å². The van der Waals surface area contributed by atoms with Gasteiger partial charge in [0, 0.05) is 24.9 Å². The lowest BCUT2D eigenvalue weighted by molar-refractivity contribution is 0.0331. The first-order valence-electron chi connectivity index (χ1n) is 5.98. The summed E-state index contributed by atoms with van der Waals surface area (Å²) in [5.41, 5.74) is 0.636. The number of hydrogen-bond donors (Lipinski definition) is 2. The lowest BCUT2D eigenvalue weighted by Crippen LogP contribution is -2.59. The van der Waals surface area contributed by atoms with Gasteiger partial charge in [-0.15, -0.1) is 10.2 Å². The summed E-state index contributed by atoms with van der Waals surface area (Å²) >= 11 is 0. The maximum Gasteiger partial charge on any atom is 0.133 e. The Morgan fingerprint density at radius 2 is 1.67 bits per heavy atom. The van der Waals surface area contributed by atoms with Crippen molar-refractivity contribution < 1.29 is 0 Å². The van der Waals surface area contributed by atoms with Crippen LogP contribution in [0.5, 0.6) is 0 Å². The van der Waals surface area contributed by atoms with E-state index in [1.807, 2.05) is 0 Å². The molecule has 2 saturated carbocycles. The minimum absolute atomic E-state index is 0.636. The van der Waals surface area contributed by atoms with Crippen molar-refractivity contribution in [1.29, 1.82) is 0 Å². The van der Waals surface area contributed by atoms with E-state index in [0.717, 1.165) is 11.6 Å². The van der Waals surface area contributed by atoms with Crippen molar-refractivity contribution in [2.45, 2.75) is 37.5 Å². The van der Waals surface area contributed by atoms with Crippen LogP contribution in [-0.4, -0.2) is 28.3 Å². The summed E-state index contributed by atoms with van der Waals surface area (Å²) in [6.07, 6.45) is 5.21. The smallest absolute Gasteiger partial charge is 0.133 e. The predicted octanol–water partition coefficient (Wildman–Crippen LogP) is 1.15. The van der Waals surface area contributed by atoms with Crippen molar-refractivity contribution in [1.82, 2.24) is 20.5 Å². The van der Waals surface area contributed by atoms with Crippen molar-refractivity contribution in [2.75, 3.05) is 13.1 Å². The minimum atomic E-state index is 0.636. The van der Waals surface area contributed by atoms with Gasteiger partial charge in [-0.3, -0.25) is 0 Å². The number of H-pyrrole nitrogens is 1. The van der Waals surface area contributed by atoms with Gasteiger partial charge in [-0.2, -0.15) is 0 Å². The lowest BCUT2D eigenvalue weighted by atomic mass is 9.58. The molecule has 2 aliphatic carbocycles. The summed E-state index contributed by atoms with van der Waals surface area (Å²) in [4.78, 5) is 3.42. The Kier molecular flexibility index (Phi) is 1.44. The molecule has 4 rings (SSSR count). The van der Waals surface area contributed by atoms with Gasteiger partial charge in [-0.1, -0.05) is 0 Å². The second-order valence-corrected chi connectivity index (χ2v) is 5.58. The van der Waals surface area contributed by atoms with E-state index >= 15 is 0 Å². The SMILES string of the molecule is C1CC1c1nnc(C2CC3(CNC3)C2)[nH]1. The zero-order chi connectivity index (χ0) is 9.88. The van der Waals surface area contributed by atoms with Crippen LogP contribution in [0.3, 0.4) is 0 Å². The molecule has 1 aromatic rings. The van der Waals surface area contributed by atoms with Crippen LogP contribution >= 0.6 is 0 Å².